The van der Waals surface area contributed by atoms with Gasteiger partial charge in [0.2, 0.25) is 5.91 Å². The summed E-state index contributed by atoms with van der Waals surface area (Å²) in [4.78, 5) is 32.1. The Morgan fingerprint density at radius 3 is 2.77 bits per heavy atom. The van der Waals surface area contributed by atoms with Crippen molar-refractivity contribution in [1.82, 2.24) is 14.9 Å². The van der Waals surface area contributed by atoms with Crippen LogP contribution in [0.4, 0.5) is 0 Å². The van der Waals surface area contributed by atoms with E-state index in [2.05, 4.69) is 5.32 Å². The molecule has 0 spiro atoms. The molecule has 1 aromatic carbocycles. The third-order valence-corrected chi connectivity index (χ3v) is 6.98. The second-order valence-electron chi connectivity index (χ2n) is 6.22. The van der Waals surface area contributed by atoms with Crippen molar-refractivity contribution in [3.05, 3.63) is 63.6 Å². The molecule has 6 nitrogen and oxygen atoms in total. The number of para-hydroxylation sites is 1. The van der Waals surface area contributed by atoms with Gasteiger partial charge in [-0.1, -0.05) is 36.0 Å². The lowest BCUT2D eigenvalue weighted by atomic mass is 10.2. The molecule has 0 fully saturated rings. The molecule has 30 heavy (non-hydrogen) atoms. The summed E-state index contributed by atoms with van der Waals surface area (Å²) in [6.07, 6.45) is 0.260. The zero-order valence-electron chi connectivity index (χ0n) is 15.7. The molecule has 4 rings (SSSR count). The predicted octanol–water partition coefficient (Wildman–Crippen LogP) is 4.30. The van der Waals surface area contributed by atoms with E-state index in [1.807, 2.05) is 59.3 Å². The second kappa shape index (κ2) is 9.26. The largest absolute Gasteiger partial charge is 0.354 e. The Hall–Kier alpha value is -2.93. The number of benzene rings is 1. The molecule has 0 aliphatic heterocycles. The van der Waals surface area contributed by atoms with Crippen molar-refractivity contribution in [3.8, 4) is 22.2 Å². The Kier molecular flexibility index (Phi) is 6.28. The van der Waals surface area contributed by atoms with Gasteiger partial charge in [0.25, 0.3) is 5.56 Å². The molecule has 3 heterocycles. The third kappa shape index (κ3) is 4.16. The van der Waals surface area contributed by atoms with Crippen molar-refractivity contribution in [1.29, 1.82) is 5.26 Å². The van der Waals surface area contributed by atoms with Gasteiger partial charge in [-0.25, -0.2) is 4.98 Å². The van der Waals surface area contributed by atoms with E-state index in [1.54, 1.807) is 15.9 Å². The molecule has 150 valence electrons. The summed E-state index contributed by atoms with van der Waals surface area (Å²) in [6, 6.07) is 15.3. The van der Waals surface area contributed by atoms with Gasteiger partial charge in [0.1, 0.15) is 4.83 Å². The average Bonchev–Trinajstić information content (AvgIpc) is 3.43. The van der Waals surface area contributed by atoms with E-state index in [1.165, 1.54) is 23.1 Å². The quantitative estimate of drug-likeness (QED) is 0.257. The van der Waals surface area contributed by atoms with Crippen molar-refractivity contribution in [2.24, 2.45) is 0 Å². The first-order chi connectivity index (χ1) is 14.7. The maximum absolute atomic E-state index is 13.6. The molecule has 9 heteroatoms. The number of aromatic nitrogens is 2. The Labute approximate surface area is 184 Å². The Bertz CT molecular complexity index is 1270. The van der Waals surface area contributed by atoms with Crippen LogP contribution in [0.15, 0.2) is 63.2 Å². The van der Waals surface area contributed by atoms with Gasteiger partial charge < -0.3 is 5.32 Å². The zero-order chi connectivity index (χ0) is 20.9. The average molecular weight is 453 g/mol. The molecule has 0 bridgehead atoms. The van der Waals surface area contributed by atoms with Crippen LogP contribution in [-0.4, -0.2) is 27.8 Å². The first kappa shape index (κ1) is 20.3. The standard InChI is InChI=1S/C21H16N4O2S3/c22-9-5-10-23-17(26)13-30-21-24-19-18(15(12-29-19)16-8-4-11-28-16)20(27)25(21)14-6-2-1-3-7-14/h1-4,6-8,11-12H,5,10,13H2,(H,23,26). The van der Waals surface area contributed by atoms with Crippen molar-refractivity contribution >= 4 is 50.6 Å². The summed E-state index contributed by atoms with van der Waals surface area (Å²) in [5, 5.41) is 16.3. The predicted molar refractivity (Wildman–Crippen MR) is 122 cm³/mol. The number of hydrogen-bond acceptors (Lipinski definition) is 7. The molecule has 0 unspecified atom stereocenters. The number of nitriles is 1. The van der Waals surface area contributed by atoms with E-state index in [9.17, 15) is 9.59 Å². The number of amides is 1. The molecule has 0 aliphatic rings. The second-order valence-corrected chi connectivity index (χ2v) is 8.97. The molecule has 0 radical (unpaired) electrons. The number of thiophene rings is 2. The molecule has 0 atom stereocenters. The van der Waals surface area contributed by atoms with Crippen molar-refractivity contribution in [3.63, 3.8) is 0 Å². The molecular formula is C21H16N4O2S3. The van der Waals surface area contributed by atoms with Gasteiger partial charge in [-0.3, -0.25) is 14.2 Å². The number of fused-ring (bicyclic) bond motifs is 1. The summed E-state index contributed by atoms with van der Waals surface area (Å²) in [7, 11) is 0. The van der Waals surface area contributed by atoms with Crippen LogP contribution in [0.5, 0.6) is 0 Å². The maximum atomic E-state index is 13.6. The van der Waals surface area contributed by atoms with E-state index in [4.69, 9.17) is 10.2 Å². The molecule has 0 saturated carbocycles. The van der Waals surface area contributed by atoms with Gasteiger partial charge in [-0.05, 0) is 23.6 Å². The number of nitrogens with zero attached hydrogens (tertiary/aromatic N) is 3. The fourth-order valence-electron chi connectivity index (χ4n) is 2.93. The molecule has 1 amide bonds. The lowest BCUT2D eigenvalue weighted by Crippen LogP contribution is -2.27. The summed E-state index contributed by atoms with van der Waals surface area (Å²) < 4.78 is 1.57. The van der Waals surface area contributed by atoms with E-state index in [-0.39, 0.29) is 23.6 Å². The highest BCUT2D eigenvalue weighted by atomic mass is 32.2. The number of carbonyl (C=O) groups is 1. The van der Waals surface area contributed by atoms with Crippen molar-refractivity contribution in [2.75, 3.05) is 12.3 Å². The molecular weight excluding hydrogens is 436 g/mol. The van der Waals surface area contributed by atoms with E-state index >= 15 is 0 Å². The fourth-order valence-corrected chi connectivity index (χ4v) is 5.57. The number of thioether (sulfide) groups is 1. The Morgan fingerprint density at radius 1 is 1.20 bits per heavy atom. The van der Waals surface area contributed by atoms with Crippen LogP contribution in [0, 0.1) is 11.3 Å². The highest BCUT2D eigenvalue weighted by molar-refractivity contribution is 7.99. The van der Waals surface area contributed by atoms with Crippen LogP contribution in [0.2, 0.25) is 0 Å². The van der Waals surface area contributed by atoms with Gasteiger partial charge in [-0.15, -0.1) is 22.7 Å². The van der Waals surface area contributed by atoms with Crippen LogP contribution in [0.3, 0.4) is 0 Å². The van der Waals surface area contributed by atoms with Gasteiger partial charge in [0.15, 0.2) is 5.16 Å². The monoisotopic (exact) mass is 452 g/mol. The first-order valence-electron chi connectivity index (χ1n) is 9.09. The van der Waals surface area contributed by atoms with E-state index < -0.39 is 0 Å². The summed E-state index contributed by atoms with van der Waals surface area (Å²) in [5.41, 5.74) is 1.44. The van der Waals surface area contributed by atoms with Crippen molar-refractivity contribution in [2.45, 2.75) is 11.6 Å². The van der Waals surface area contributed by atoms with Gasteiger partial charge in [-0.2, -0.15) is 5.26 Å². The Balaban J connectivity index is 1.77. The zero-order valence-corrected chi connectivity index (χ0v) is 18.1. The highest BCUT2D eigenvalue weighted by Crippen LogP contribution is 2.35. The van der Waals surface area contributed by atoms with Gasteiger partial charge >= 0.3 is 0 Å². The molecule has 0 aliphatic carbocycles. The van der Waals surface area contributed by atoms with Crippen molar-refractivity contribution < 1.29 is 4.79 Å². The summed E-state index contributed by atoms with van der Waals surface area (Å²) >= 11 is 4.22. The third-order valence-electron chi connectivity index (χ3n) is 4.27. The lowest BCUT2D eigenvalue weighted by molar-refractivity contribution is -0.118. The number of nitrogens with one attached hydrogen (secondary N) is 1. The SMILES string of the molecule is N#CCCNC(=O)CSc1nc2scc(-c3cccs3)c2c(=O)n1-c1ccccc1. The van der Waals surface area contributed by atoms with Crippen LogP contribution < -0.4 is 10.9 Å². The first-order valence-corrected chi connectivity index (χ1v) is 11.8. The normalized spacial score (nSPS) is 10.8. The van der Waals surface area contributed by atoms with E-state index in [0.717, 1.165) is 10.4 Å². The Morgan fingerprint density at radius 2 is 2.03 bits per heavy atom. The molecule has 0 saturated heterocycles. The number of rotatable bonds is 7. The minimum Gasteiger partial charge on any atom is -0.354 e. The fraction of sp³-hybridized carbons (Fsp3) is 0.143. The summed E-state index contributed by atoms with van der Waals surface area (Å²) in [6.45, 7) is 0.308. The summed E-state index contributed by atoms with van der Waals surface area (Å²) in [5.74, 6) is -0.0889. The van der Waals surface area contributed by atoms with Gasteiger partial charge in [0, 0.05) is 22.4 Å². The number of hydrogen-bond donors (Lipinski definition) is 1. The maximum Gasteiger partial charge on any atom is 0.268 e. The molecule has 3 aromatic heterocycles. The van der Waals surface area contributed by atoms with Crippen LogP contribution in [0.25, 0.3) is 26.3 Å². The minimum atomic E-state index is -0.199. The van der Waals surface area contributed by atoms with Gasteiger partial charge in [0.05, 0.1) is 29.3 Å². The lowest BCUT2D eigenvalue weighted by Gasteiger charge is -2.12. The van der Waals surface area contributed by atoms with E-state index in [0.29, 0.717) is 27.6 Å². The molecule has 1 N–H and O–H groups in total. The van der Waals surface area contributed by atoms with Crippen LogP contribution >= 0.6 is 34.4 Å². The molecule has 4 aromatic rings. The van der Waals surface area contributed by atoms with Crippen LogP contribution in [-0.2, 0) is 4.79 Å². The minimum absolute atomic E-state index is 0.110. The number of carbonyl (C=O) groups excluding carboxylic acids is 1. The smallest absolute Gasteiger partial charge is 0.268 e. The topological polar surface area (TPSA) is 87.8 Å². The van der Waals surface area contributed by atoms with Crippen LogP contribution in [0.1, 0.15) is 6.42 Å². The highest BCUT2D eigenvalue weighted by Gasteiger charge is 2.19.